The number of carbonyl (C=O) groups excluding carboxylic acids is 3. The van der Waals surface area contributed by atoms with Crippen molar-refractivity contribution >= 4 is 27.6 Å². The van der Waals surface area contributed by atoms with Crippen molar-refractivity contribution in [2.75, 3.05) is 6.54 Å². The van der Waals surface area contributed by atoms with Crippen LogP contribution in [0.5, 0.6) is 0 Å². The highest BCUT2D eigenvalue weighted by Gasteiger charge is 2.47. The molecule has 1 aliphatic carbocycles. The zero-order chi connectivity index (χ0) is 18.6. The molecule has 8 nitrogen and oxygen atoms in total. The first kappa shape index (κ1) is 16.8. The van der Waals surface area contributed by atoms with E-state index in [4.69, 9.17) is 5.14 Å². The lowest BCUT2D eigenvalue weighted by atomic mass is 9.86. The standard InChI is InChI=1S/C17H15N3O5S/c18-26(24,25)14-6-5-9(7-13(14)21)15-12(8-19-15)20-16(22)10-3-1-2-4-11(10)17(20)23/h1-6,12,15,19H,7-8H2,(H2,18,24,25)/t12-,15-/m1/s1. The Labute approximate surface area is 149 Å². The van der Waals surface area contributed by atoms with Gasteiger partial charge in [0, 0.05) is 13.0 Å². The fraction of sp³-hybridized carbons (Fsp3) is 0.235. The summed E-state index contributed by atoms with van der Waals surface area (Å²) >= 11 is 0. The Balaban J connectivity index is 1.62. The minimum absolute atomic E-state index is 0.125. The maximum Gasteiger partial charge on any atom is 0.261 e. The molecule has 0 bridgehead atoms. The zero-order valence-electron chi connectivity index (χ0n) is 13.5. The van der Waals surface area contributed by atoms with E-state index in [-0.39, 0.29) is 24.3 Å². The normalized spacial score (nSPS) is 25.6. The molecule has 4 rings (SSSR count). The maximum atomic E-state index is 12.6. The predicted octanol–water partition coefficient (Wildman–Crippen LogP) is -0.305. The molecule has 0 aromatic heterocycles. The van der Waals surface area contributed by atoms with Gasteiger partial charge in [0.15, 0.2) is 5.78 Å². The highest BCUT2D eigenvalue weighted by atomic mass is 32.2. The number of carbonyl (C=O) groups is 3. The average Bonchev–Trinajstić information content (AvgIpc) is 2.79. The number of sulfonamides is 1. The number of nitrogens with one attached hydrogen (secondary N) is 1. The SMILES string of the molecule is NS(=O)(=O)C1=CC=C([C@H]2NC[C@H]2N2C(=O)c3ccccc3C2=O)CC1=O. The van der Waals surface area contributed by atoms with Gasteiger partial charge >= 0.3 is 0 Å². The molecule has 3 N–H and O–H groups in total. The molecule has 2 heterocycles. The minimum Gasteiger partial charge on any atom is -0.306 e. The summed E-state index contributed by atoms with van der Waals surface area (Å²) in [6.45, 7) is 0.410. The van der Waals surface area contributed by atoms with E-state index in [9.17, 15) is 22.8 Å². The van der Waals surface area contributed by atoms with E-state index in [1.165, 1.54) is 17.1 Å². The molecule has 1 aromatic carbocycles. The maximum absolute atomic E-state index is 12.6. The molecule has 9 heteroatoms. The van der Waals surface area contributed by atoms with Gasteiger partial charge in [-0.2, -0.15) is 0 Å². The first-order valence-electron chi connectivity index (χ1n) is 7.96. The second kappa shape index (κ2) is 5.70. The number of hydrogen-bond acceptors (Lipinski definition) is 6. The summed E-state index contributed by atoms with van der Waals surface area (Å²) in [6, 6.07) is 5.81. The molecule has 0 saturated carbocycles. The second-order valence-corrected chi connectivity index (χ2v) is 7.93. The summed E-state index contributed by atoms with van der Waals surface area (Å²) in [5, 5.41) is 8.13. The van der Waals surface area contributed by atoms with Crippen LogP contribution in [0.15, 0.2) is 46.9 Å². The smallest absolute Gasteiger partial charge is 0.261 e. The molecule has 0 unspecified atom stereocenters. The average molecular weight is 373 g/mol. The van der Waals surface area contributed by atoms with Crippen molar-refractivity contribution < 1.29 is 22.8 Å². The Bertz CT molecular complexity index is 990. The van der Waals surface area contributed by atoms with Gasteiger partial charge in [0.2, 0.25) is 10.0 Å². The molecule has 0 radical (unpaired) electrons. The lowest BCUT2D eigenvalue weighted by Gasteiger charge is -2.44. The fourth-order valence-corrected chi connectivity index (χ4v) is 4.19. The summed E-state index contributed by atoms with van der Waals surface area (Å²) in [5.74, 6) is -1.31. The molecule has 0 spiro atoms. The van der Waals surface area contributed by atoms with Crippen LogP contribution >= 0.6 is 0 Å². The van der Waals surface area contributed by atoms with Crippen molar-refractivity contribution in [2.45, 2.75) is 18.5 Å². The monoisotopic (exact) mass is 373 g/mol. The molecule has 26 heavy (non-hydrogen) atoms. The van der Waals surface area contributed by atoms with Crippen molar-refractivity contribution in [1.29, 1.82) is 0 Å². The summed E-state index contributed by atoms with van der Waals surface area (Å²) in [6.07, 6.45) is 2.57. The third kappa shape index (κ3) is 2.44. The Morgan fingerprint density at radius 3 is 2.12 bits per heavy atom. The summed E-state index contributed by atoms with van der Waals surface area (Å²) in [4.78, 5) is 38.1. The largest absolute Gasteiger partial charge is 0.306 e. The third-order valence-electron chi connectivity index (χ3n) is 4.88. The highest BCUT2D eigenvalue weighted by Crippen LogP contribution is 2.32. The van der Waals surface area contributed by atoms with Crippen LogP contribution in [-0.2, 0) is 14.8 Å². The van der Waals surface area contributed by atoms with Gasteiger partial charge in [0.25, 0.3) is 11.8 Å². The topological polar surface area (TPSA) is 127 Å². The number of imide groups is 1. The Kier molecular flexibility index (Phi) is 3.69. The molecule has 2 aliphatic heterocycles. The number of fused-ring (bicyclic) bond motifs is 1. The van der Waals surface area contributed by atoms with E-state index in [1.807, 2.05) is 0 Å². The van der Waals surface area contributed by atoms with Crippen molar-refractivity contribution in [3.05, 3.63) is 58.0 Å². The predicted molar refractivity (Wildman–Crippen MR) is 91.4 cm³/mol. The van der Waals surface area contributed by atoms with Crippen molar-refractivity contribution in [1.82, 2.24) is 10.2 Å². The molecule has 1 aromatic rings. The number of hydrogen-bond donors (Lipinski definition) is 2. The van der Waals surface area contributed by atoms with E-state index in [0.717, 1.165) is 0 Å². The third-order valence-corrected chi connectivity index (χ3v) is 5.86. The number of primary sulfonamides is 1. The number of benzene rings is 1. The number of allylic oxidation sites excluding steroid dienone is 3. The molecule has 2 atom stereocenters. The summed E-state index contributed by atoms with van der Waals surface area (Å²) in [7, 11) is -4.07. The molecular weight excluding hydrogens is 358 g/mol. The first-order valence-corrected chi connectivity index (χ1v) is 9.50. The van der Waals surface area contributed by atoms with E-state index < -0.39 is 26.8 Å². The van der Waals surface area contributed by atoms with Crippen LogP contribution in [0.25, 0.3) is 0 Å². The highest BCUT2D eigenvalue weighted by molar-refractivity contribution is 7.94. The molecular formula is C17H15N3O5S. The summed E-state index contributed by atoms with van der Waals surface area (Å²) in [5.41, 5.74) is 1.36. The molecule has 3 aliphatic rings. The molecule has 134 valence electrons. The molecule has 1 fully saturated rings. The van der Waals surface area contributed by atoms with Gasteiger partial charge in [0.1, 0.15) is 4.91 Å². The van der Waals surface area contributed by atoms with Crippen LogP contribution in [0.4, 0.5) is 0 Å². The number of amides is 2. The lowest BCUT2D eigenvalue weighted by molar-refractivity contribution is -0.114. The Morgan fingerprint density at radius 2 is 1.65 bits per heavy atom. The van der Waals surface area contributed by atoms with Gasteiger partial charge in [0.05, 0.1) is 23.2 Å². The van der Waals surface area contributed by atoms with Crippen molar-refractivity contribution in [2.24, 2.45) is 5.14 Å². The van der Waals surface area contributed by atoms with E-state index in [2.05, 4.69) is 5.32 Å². The number of rotatable bonds is 3. The van der Waals surface area contributed by atoms with Gasteiger partial charge in [-0.05, 0) is 23.8 Å². The van der Waals surface area contributed by atoms with Gasteiger partial charge in [-0.15, -0.1) is 0 Å². The van der Waals surface area contributed by atoms with E-state index in [0.29, 0.717) is 23.2 Å². The lowest BCUT2D eigenvalue weighted by Crippen LogP contribution is -2.66. The van der Waals surface area contributed by atoms with Gasteiger partial charge in [-0.1, -0.05) is 18.2 Å². The number of ketones is 1. The fourth-order valence-electron chi connectivity index (χ4n) is 3.54. The van der Waals surface area contributed by atoms with Crippen LogP contribution in [-0.4, -0.2) is 49.5 Å². The van der Waals surface area contributed by atoms with Crippen LogP contribution < -0.4 is 10.5 Å². The Hall–Kier alpha value is -2.62. The first-order chi connectivity index (χ1) is 12.3. The van der Waals surface area contributed by atoms with Gasteiger partial charge in [-0.3, -0.25) is 19.3 Å². The van der Waals surface area contributed by atoms with Crippen LogP contribution in [0.2, 0.25) is 0 Å². The van der Waals surface area contributed by atoms with Gasteiger partial charge in [-0.25, -0.2) is 13.6 Å². The minimum atomic E-state index is -4.07. The van der Waals surface area contributed by atoms with Crippen molar-refractivity contribution in [3.63, 3.8) is 0 Å². The van der Waals surface area contributed by atoms with E-state index >= 15 is 0 Å². The second-order valence-electron chi connectivity index (χ2n) is 6.40. The number of nitrogens with two attached hydrogens (primary N) is 1. The van der Waals surface area contributed by atoms with Crippen LogP contribution in [0.1, 0.15) is 27.1 Å². The van der Waals surface area contributed by atoms with Crippen LogP contribution in [0, 0.1) is 0 Å². The number of Topliss-reactive ketones (excluding diaryl/α,β-unsaturated/α-hetero) is 1. The zero-order valence-corrected chi connectivity index (χ0v) is 14.3. The quantitative estimate of drug-likeness (QED) is 0.700. The van der Waals surface area contributed by atoms with E-state index in [1.54, 1.807) is 24.3 Å². The molecule has 1 saturated heterocycles. The number of nitrogens with zero attached hydrogens (tertiary/aromatic N) is 1. The Morgan fingerprint density at radius 1 is 1.04 bits per heavy atom. The molecule has 2 amide bonds. The van der Waals surface area contributed by atoms with Crippen LogP contribution in [0.3, 0.4) is 0 Å². The van der Waals surface area contributed by atoms with Crippen molar-refractivity contribution in [3.8, 4) is 0 Å². The summed E-state index contributed by atoms with van der Waals surface area (Å²) < 4.78 is 22.8. The van der Waals surface area contributed by atoms with Gasteiger partial charge < -0.3 is 5.32 Å².